The molecule has 0 aliphatic carbocycles. The van der Waals surface area contributed by atoms with Crippen LogP contribution in [0.5, 0.6) is 0 Å². The molecule has 0 saturated carbocycles. The van der Waals surface area contributed by atoms with E-state index in [0.717, 1.165) is 23.0 Å². The minimum Gasteiger partial charge on any atom is -0.387 e. The first-order chi connectivity index (χ1) is 9.25. The Morgan fingerprint density at radius 3 is 2.37 bits per heavy atom. The fraction of sp³-hybridized carbons (Fsp3) is 0.688. The molecule has 0 aliphatic rings. The Hall–Kier alpha value is -0.410. The summed E-state index contributed by atoms with van der Waals surface area (Å²) in [4.78, 5) is 4.23. The summed E-state index contributed by atoms with van der Waals surface area (Å²) in [5.41, 5.74) is 0.769. The molecule has 19 heavy (non-hydrogen) atoms. The summed E-state index contributed by atoms with van der Waals surface area (Å²) in [5, 5.41) is 10.1. The van der Waals surface area contributed by atoms with Crippen LogP contribution in [0.15, 0.2) is 22.8 Å². The Labute approximate surface area is 125 Å². The SMILES string of the molecule is CCCCCCCCCCC(O)c1ncccc1Br. The second-order valence-electron chi connectivity index (χ2n) is 5.15. The van der Waals surface area contributed by atoms with E-state index in [1.807, 2.05) is 12.1 Å². The number of hydrogen-bond acceptors (Lipinski definition) is 2. The van der Waals surface area contributed by atoms with Crippen LogP contribution in [-0.4, -0.2) is 10.1 Å². The van der Waals surface area contributed by atoms with Crippen LogP contribution in [0.3, 0.4) is 0 Å². The Morgan fingerprint density at radius 2 is 1.74 bits per heavy atom. The van der Waals surface area contributed by atoms with Gasteiger partial charge in [0.05, 0.1) is 11.8 Å². The van der Waals surface area contributed by atoms with Gasteiger partial charge in [0, 0.05) is 10.7 Å². The molecule has 1 aromatic rings. The molecule has 1 heterocycles. The molecule has 0 aromatic carbocycles. The van der Waals surface area contributed by atoms with Crippen molar-refractivity contribution in [3.8, 4) is 0 Å². The molecule has 1 atom stereocenters. The molecular formula is C16H26BrNO. The molecule has 108 valence electrons. The number of hydrogen-bond donors (Lipinski definition) is 1. The molecule has 3 heteroatoms. The number of aromatic nitrogens is 1. The van der Waals surface area contributed by atoms with Crippen molar-refractivity contribution in [2.75, 3.05) is 0 Å². The van der Waals surface area contributed by atoms with Crippen molar-refractivity contribution < 1.29 is 5.11 Å². The quantitative estimate of drug-likeness (QED) is 0.583. The highest BCUT2D eigenvalue weighted by Crippen LogP contribution is 2.24. The lowest BCUT2D eigenvalue weighted by atomic mass is 10.0. The topological polar surface area (TPSA) is 33.1 Å². The summed E-state index contributed by atoms with van der Waals surface area (Å²) in [6.45, 7) is 2.25. The summed E-state index contributed by atoms with van der Waals surface area (Å²) in [7, 11) is 0. The normalized spacial score (nSPS) is 12.6. The average molecular weight is 328 g/mol. The predicted molar refractivity (Wildman–Crippen MR) is 84.1 cm³/mol. The van der Waals surface area contributed by atoms with Gasteiger partial charge in [-0.25, -0.2) is 0 Å². The summed E-state index contributed by atoms with van der Waals surface area (Å²) >= 11 is 3.43. The van der Waals surface area contributed by atoms with Gasteiger partial charge in [0.1, 0.15) is 0 Å². The maximum absolute atomic E-state index is 10.1. The van der Waals surface area contributed by atoms with Gasteiger partial charge in [-0.3, -0.25) is 4.98 Å². The van der Waals surface area contributed by atoms with Crippen molar-refractivity contribution in [2.45, 2.75) is 70.8 Å². The lowest BCUT2D eigenvalue weighted by molar-refractivity contribution is 0.158. The number of aliphatic hydroxyl groups is 1. The summed E-state index contributed by atoms with van der Waals surface area (Å²) in [6, 6.07) is 3.80. The minimum absolute atomic E-state index is 0.435. The number of aliphatic hydroxyl groups excluding tert-OH is 1. The number of pyridine rings is 1. The maximum atomic E-state index is 10.1. The van der Waals surface area contributed by atoms with E-state index in [9.17, 15) is 5.11 Å². The molecule has 0 amide bonds. The van der Waals surface area contributed by atoms with E-state index in [-0.39, 0.29) is 0 Å². The molecule has 0 radical (unpaired) electrons. The predicted octanol–water partition coefficient (Wildman–Crippen LogP) is 5.41. The maximum Gasteiger partial charge on any atom is 0.0971 e. The zero-order chi connectivity index (χ0) is 13.9. The van der Waals surface area contributed by atoms with E-state index in [1.54, 1.807) is 6.20 Å². The molecule has 0 fully saturated rings. The monoisotopic (exact) mass is 327 g/mol. The zero-order valence-electron chi connectivity index (χ0n) is 11.9. The number of rotatable bonds is 10. The minimum atomic E-state index is -0.435. The van der Waals surface area contributed by atoms with Crippen molar-refractivity contribution in [1.29, 1.82) is 0 Å². The highest BCUT2D eigenvalue weighted by molar-refractivity contribution is 9.10. The third kappa shape index (κ3) is 7.07. The fourth-order valence-electron chi connectivity index (χ4n) is 2.25. The highest BCUT2D eigenvalue weighted by atomic mass is 79.9. The van der Waals surface area contributed by atoms with Crippen LogP contribution >= 0.6 is 15.9 Å². The van der Waals surface area contributed by atoms with Crippen molar-refractivity contribution in [1.82, 2.24) is 4.98 Å². The zero-order valence-corrected chi connectivity index (χ0v) is 13.5. The van der Waals surface area contributed by atoms with E-state index >= 15 is 0 Å². The molecule has 0 bridgehead atoms. The standard InChI is InChI=1S/C16H26BrNO/c1-2-3-4-5-6-7-8-9-12-15(19)16-14(17)11-10-13-18-16/h10-11,13,15,19H,2-9,12H2,1H3. The fourth-order valence-corrected chi connectivity index (χ4v) is 2.77. The average Bonchev–Trinajstić information content (AvgIpc) is 2.42. The van der Waals surface area contributed by atoms with Gasteiger partial charge in [0.2, 0.25) is 0 Å². The van der Waals surface area contributed by atoms with Crippen LogP contribution in [0.25, 0.3) is 0 Å². The Balaban J connectivity index is 2.08. The molecule has 1 aromatic heterocycles. The van der Waals surface area contributed by atoms with E-state index in [2.05, 4.69) is 27.8 Å². The van der Waals surface area contributed by atoms with E-state index in [1.165, 1.54) is 44.9 Å². The molecule has 1 N–H and O–H groups in total. The summed E-state index contributed by atoms with van der Waals surface area (Å²) in [5.74, 6) is 0. The van der Waals surface area contributed by atoms with Crippen LogP contribution in [0.1, 0.15) is 76.5 Å². The second kappa shape index (κ2) is 10.4. The highest BCUT2D eigenvalue weighted by Gasteiger charge is 2.11. The van der Waals surface area contributed by atoms with Crippen LogP contribution in [0, 0.1) is 0 Å². The number of nitrogens with zero attached hydrogens (tertiary/aromatic N) is 1. The first-order valence-electron chi connectivity index (χ1n) is 7.54. The molecule has 1 rings (SSSR count). The van der Waals surface area contributed by atoms with Crippen LogP contribution in [0.2, 0.25) is 0 Å². The van der Waals surface area contributed by atoms with Gasteiger partial charge in [0.25, 0.3) is 0 Å². The lowest BCUT2D eigenvalue weighted by Gasteiger charge is -2.11. The molecule has 0 aliphatic heterocycles. The molecule has 1 unspecified atom stereocenters. The van der Waals surface area contributed by atoms with Gasteiger partial charge >= 0.3 is 0 Å². The number of halogens is 1. The Bertz CT molecular complexity index is 343. The van der Waals surface area contributed by atoms with Gasteiger partial charge in [-0.2, -0.15) is 0 Å². The van der Waals surface area contributed by atoms with Crippen LogP contribution in [-0.2, 0) is 0 Å². The van der Waals surface area contributed by atoms with Gasteiger partial charge in [-0.1, -0.05) is 58.3 Å². The van der Waals surface area contributed by atoms with Crippen molar-refractivity contribution in [3.63, 3.8) is 0 Å². The second-order valence-corrected chi connectivity index (χ2v) is 6.00. The summed E-state index contributed by atoms with van der Waals surface area (Å²) < 4.78 is 0.905. The Morgan fingerprint density at radius 1 is 1.11 bits per heavy atom. The summed E-state index contributed by atoms with van der Waals surface area (Å²) in [6.07, 6.45) is 12.5. The van der Waals surface area contributed by atoms with Gasteiger partial charge < -0.3 is 5.11 Å². The number of unbranched alkanes of at least 4 members (excludes halogenated alkanes) is 7. The van der Waals surface area contributed by atoms with Gasteiger partial charge in [-0.05, 0) is 34.5 Å². The van der Waals surface area contributed by atoms with Crippen LogP contribution in [0.4, 0.5) is 0 Å². The third-order valence-electron chi connectivity index (χ3n) is 3.43. The van der Waals surface area contributed by atoms with Gasteiger partial charge in [0.15, 0.2) is 0 Å². The van der Waals surface area contributed by atoms with Gasteiger partial charge in [-0.15, -0.1) is 0 Å². The first kappa shape index (κ1) is 16.6. The van der Waals surface area contributed by atoms with Crippen molar-refractivity contribution in [3.05, 3.63) is 28.5 Å². The first-order valence-corrected chi connectivity index (χ1v) is 8.33. The van der Waals surface area contributed by atoms with E-state index < -0.39 is 6.10 Å². The largest absolute Gasteiger partial charge is 0.387 e. The van der Waals surface area contributed by atoms with Crippen molar-refractivity contribution in [2.24, 2.45) is 0 Å². The molecular weight excluding hydrogens is 302 g/mol. The lowest BCUT2D eigenvalue weighted by Crippen LogP contribution is -2.01. The van der Waals surface area contributed by atoms with Crippen LogP contribution < -0.4 is 0 Å². The molecule has 2 nitrogen and oxygen atoms in total. The Kier molecular flexibility index (Phi) is 9.10. The molecule has 0 spiro atoms. The molecule has 0 saturated heterocycles. The smallest absolute Gasteiger partial charge is 0.0971 e. The van der Waals surface area contributed by atoms with E-state index in [0.29, 0.717) is 0 Å². The van der Waals surface area contributed by atoms with E-state index in [4.69, 9.17) is 0 Å². The van der Waals surface area contributed by atoms with Crippen molar-refractivity contribution >= 4 is 15.9 Å². The third-order valence-corrected chi connectivity index (χ3v) is 4.10.